The van der Waals surface area contributed by atoms with Gasteiger partial charge in [0, 0.05) is 19.3 Å². The van der Waals surface area contributed by atoms with Crippen molar-refractivity contribution in [1.29, 1.82) is 0 Å². The van der Waals surface area contributed by atoms with Gasteiger partial charge in [-0.05, 0) is 31.9 Å². The summed E-state index contributed by atoms with van der Waals surface area (Å²) >= 11 is 0. The molecule has 1 heterocycles. The van der Waals surface area contributed by atoms with Crippen molar-refractivity contribution >= 4 is 5.91 Å². The molecule has 20 heavy (non-hydrogen) atoms. The third kappa shape index (κ3) is 3.50. The van der Waals surface area contributed by atoms with E-state index in [1.54, 1.807) is 18.3 Å². The number of hydrogen-bond acceptors (Lipinski definition) is 3. The molecule has 1 amide bonds. The summed E-state index contributed by atoms with van der Waals surface area (Å²) in [6.45, 7) is 2.42. The fourth-order valence-electron chi connectivity index (χ4n) is 2.81. The molecular weight excluding hydrogens is 252 g/mol. The maximum absolute atomic E-state index is 12.7. The first-order valence-corrected chi connectivity index (χ1v) is 7.59. The molecule has 1 aromatic heterocycles. The first-order chi connectivity index (χ1) is 9.74. The maximum atomic E-state index is 12.7. The highest BCUT2D eigenvalue weighted by molar-refractivity contribution is 5.96. The Morgan fingerprint density at radius 2 is 2.05 bits per heavy atom. The van der Waals surface area contributed by atoms with Crippen molar-refractivity contribution in [2.45, 2.75) is 51.5 Å². The fourth-order valence-corrected chi connectivity index (χ4v) is 2.81. The quantitative estimate of drug-likeness (QED) is 0.793. The van der Waals surface area contributed by atoms with E-state index in [1.165, 1.54) is 25.7 Å². The van der Waals surface area contributed by atoms with E-state index in [9.17, 15) is 4.79 Å². The molecule has 2 rings (SSSR count). The van der Waals surface area contributed by atoms with Gasteiger partial charge < -0.3 is 9.64 Å². The lowest BCUT2D eigenvalue weighted by Crippen LogP contribution is -2.37. The van der Waals surface area contributed by atoms with E-state index in [2.05, 4.69) is 4.98 Å². The summed E-state index contributed by atoms with van der Waals surface area (Å²) in [4.78, 5) is 18.7. The monoisotopic (exact) mass is 276 g/mol. The zero-order chi connectivity index (χ0) is 14.4. The summed E-state index contributed by atoms with van der Waals surface area (Å²) in [7, 11) is 1.90. The second-order valence-electron chi connectivity index (χ2n) is 5.35. The number of pyridine rings is 1. The van der Waals surface area contributed by atoms with Crippen molar-refractivity contribution in [2.75, 3.05) is 13.7 Å². The second kappa shape index (κ2) is 7.27. The van der Waals surface area contributed by atoms with Gasteiger partial charge in [0.05, 0.1) is 6.61 Å². The minimum absolute atomic E-state index is 0.0217. The molecule has 0 unspecified atom stereocenters. The van der Waals surface area contributed by atoms with Crippen LogP contribution in [0.2, 0.25) is 0 Å². The fraction of sp³-hybridized carbons (Fsp3) is 0.625. The Morgan fingerprint density at radius 3 is 2.70 bits per heavy atom. The Kier molecular flexibility index (Phi) is 5.39. The van der Waals surface area contributed by atoms with Gasteiger partial charge in [-0.1, -0.05) is 25.7 Å². The molecule has 1 aliphatic carbocycles. The van der Waals surface area contributed by atoms with Crippen molar-refractivity contribution in [2.24, 2.45) is 0 Å². The minimum Gasteiger partial charge on any atom is -0.477 e. The Labute approximate surface area is 121 Å². The van der Waals surface area contributed by atoms with Gasteiger partial charge >= 0.3 is 0 Å². The Bertz CT molecular complexity index is 440. The molecule has 0 atom stereocenters. The van der Waals surface area contributed by atoms with Crippen LogP contribution in [0.1, 0.15) is 55.8 Å². The Morgan fingerprint density at radius 1 is 1.35 bits per heavy atom. The van der Waals surface area contributed by atoms with Crippen LogP contribution in [-0.4, -0.2) is 35.5 Å². The molecule has 1 saturated carbocycles. The van der Waals surface area contributed by atoms with E-state index >= 15 is 0 Å². The van der Waals surface area contributed by atoms with E-state index < -0.39 is 0 Å². The van der Waals surface area contributed by atoms with Crippen LogP contribution in [0, 0.1) is 0 Å². The molecule has 1 aliphatic rings. The van der Waals surface area contributed by atoms with Gasteiger partial charge in [-0.2, -0.15) is 0 Å². The summed E-state index contributed by atoms with van der Waals surface area (Å²) in [5, 5.41) is 0. The van der Waals surface area contributed by atoms with Gasteiger partial charge in [0.2, 0.25) is 5.88 Å². The average molecular weight is 276 g/mol. The Hall–Kier alpha value is -1.58. The number of amides is 1. The van der Waals surface area contributed by atoms with Crippen LogP contribution in [0.25, 0.3) is 0 Å². The van der Waals surface area contributed by atoms with Crippen molar-refractivity contribution < 1.29 is 9.53 Å². The highest BCUT2D eigenvalue weighted by atomic mass is 16.5. The molecule has 0 aliphatic heterocycles. The second-order valence-corrected chi connectivity index (χ2v) is 5.35. The first-order valence-electron chi connectivity index (χ1n) is 7.59. The Balaban J connectivity index is 2.13. The molecular formula is C16H24N2O2. The zero-order valence-electron chi connectivity index (χ0n) is 12.5. The summed E-state index contributed by atoms with van der Waals surface area (Å²) in [6, 6.07) is 3.93. The lowest BCUT2D eigenvalue weighted by Gasteiger charge is -2.27. The third-order valence-electron chi connectivity index (χ3n) is 3.98. The van der Waals surface area contributed by atoms with Crippen LogP contribution in [0.5, 0.6) is 5.88 Å². The van der Waals surface area contributed by atoms with Crippen molar-refractivity contribution in [3.05, 3.63) is 23.9 Å². The molecule has 4 heteroatoms. The molecule has 0 saturated heterocycles. The van der Waals surface area contributed by atoms with Crippen LogP contribution < -0.4 is 4.74 Å². The average Bonchev–Trinajstić information content (AvgIpc) is 2.76. The number of nitrogens with zero attached hydrogens (tertiary/aromatic N) is 2. The summed E-state index contributed by atoms with van der Waals surface area (Å²) in [5.74, 6) is 0.467. The van der Waals surface area contributed by atoms with Gasteiger partial charge in [0.15, 0.2) is 0 Å². The van der Waals surface area contributed by atoms with Crippen LogP contribution >= 0.6 is 0 Å². The van der Waals surface area contributed by atoms with E-state index in [0.29, 0.717) is 24.1 Å². The van der Waals surface area contributed by atoms with Gasteiger partial charge in [0.25, 0.3) is 5.91 Å². The summed E-state index contributed by atoms with van der Waals surface area (Å²) in [6.07, 6.45) is 8.87. The largest absolute Gasteiger partial charge is 0.477 e. The standard InChI is InChI=1S/C16H24N2O2/c1-3-20-15-14(11-8-12-17-15)16(19)18(2)13-9-6-4-5-7-10-13/h8,11-13H,3-7,9-10H2,1-2H3. The minimum atomic E-state index is 0.0217. The highest BCUT2D eigenvalue weighted by Gasteiger charge is 2.24. The van der Waals surface area contributed by atoms with E-state index in [4.69, 9.17) is 4.74 Å². The highest BCUT2D eigenvalue weighted by Crippen LogP contribution is 2.24. The zero-order valence-corrected chi connectivity index (χ0v) is 12.5. The normalized spacial score (nSPS) is 16.5. The topological polar surface area (TPSA) is 42.4 Å². The predicted molar refractivity (Wildman–Crippen MR) is 79.0 cm³/mol. The molecule has 0 spiro atoms. The van der Waals surface area contributed by atoms with Gasteiger partial charge in [-0.3, -0.25) is 4.79 Å². The molecule has 4 nitrogen and oxygen atoms in total. The number of hydrogen-bond donors (Lipinski definition) is 0. The van der Waals surface area contributed by atoms with Gasteiger partial charge in [-0.25, -0.2) is 4.98 Å². The van der Waals surface area contributed by atoms with Gasteiger partial charge in [-0.15, -0.1) is 0 Å². The van der Waals surface area contributed by atoms with Gasteiger partial charge in [0.1, 0.15) is 5.56 Å². The molecule has 0 aromatic carbocycles. The molecule has 1 aromatic rings. The number of rotatable bonds is 4. The number of carbonyl (C=O) groups is 1. The smallest absolute Gasteiger partial charge is 0.259 e. The van der Waals surface area contributed by atoms with E-state index in [-0.39, 0.29) is 5.91 Å². The maximum Gasteiger partial charge on any atom is 0.259 e. The first kappa shape index (κ1) is 14.8. The van der Waals surface area contributed by atoms with Crippen LogP contribution in [0.15, 0.2) is 18.3 Å². The third-order valence-corrected chi connectivity index (χ3v) is 3.98. The van der Waals surface area contributed by atoms with Crippen molar-refractivity contribution in [3.8, 4) is 5.88 Å². The lowest BCUT2D eigenvalue weighted by molar-refractivity contribution is 0.0712. The van der Waals surface area contributed by atoms with Crippen LogP contribution in [0.3, 0.4) is 0 Å². The molecule has 110 valence electrons. The number of carbonyl (C=O) groups excluding carboxylic acids is 1. The van der Waals surface area contributed by atoms with Crippen molar-refractivity contribution in [1.82, 2.24) is 9.88 Å². The molecule has 1 fully saturated rings. The molecule has 0 radical (unpaired) electrons. The van der Waals surface area contributed by atoms with E-state index in [1.807, 2.05) is 18.9 Å². The van der Waals surface area contributed by atoms with Crippen LogP contribution in [-0.2, 0) is 0 Å². The number of aromatic nitrogens is 1. The SMILES string of the molecule is CCOc1ncccc1C(=O)N(C)C1CCCCCC1. The van der Waals surface area contributed by atoms with Crippen LogP contribution in [0.4, 0.5) is 0 Å². The summed E-state index contributed by atoms with van der Waals surface area (Å²) in [5.41, 5.74) is 0.570. The van der Waals surface area contributed by atoms with Crippen molar-refractivity contribution in [3.63, 3.8) is 0 Å². The number of ether oxygens (including phenoxy) is 1. The lowest BCUT2D eigenvalue weighted by atomic mass is 10.1. The predicted octanol–water partition coefficient (Wildman–Crippen LogP) is 3.28. The summed E-state index contributed by atoms with van der Waals surface area (Å²) < 4.78 is 5.46. The molecule has 0 bridgehead atoms. The van der Waals surface area contributed by atoms with E-state index in [0.717, 1.165) is 12.8 Å². The molecule has 0 N–H and O–H groups in total.